The summed E-state index contributed by atoms with van der Waals surface area (Å²) in [5.74, 6) is 0. The Morgan fingerprint density at radius 2 is 0.796 bits per heavy atom. The van der Waals surface area contributed by atoms with Gasteiger partial charge < -0.3 is 18.8 Å². The van der Waals surface area contributed by atoms with Crippen LogP contribution in [0.25, 0.3) is 116 Å². The number of fused-ring (bicyclic) bond motifs is 20. The van der Waals surface area contributed by atoms with E-state index in [9.17, 15) is 0 Å². The van der Waals surface area contributed by atoms with E-state index in [1.165, 1.54) is 111 Å². The van der Waals surface area contributed by atoms with Crippen LogP contribution in [0.5, 0.6) is 0 Å². The van der Waals surface area contributed by atoms with Gasteiger partial charge in [-0.25, -0.2) is 0 Å². The molecular formula is C103H80BN3O. The zero-order valence-corrected chi connectivity index (χ0v) is 62.4. The van der Waals surface area contributed by atoms with Crippen molar-refractivity contribution in [2.45, 2.75) is 84.0 Å². The summed E-state index contributed by atoms with van der Waals surface area (Å²) < 4.78 is 9.61. The van der Waals surface area contributed by atoms with E-state index >= 15 is 0 Å². The van der Waals surface area contributed by atoms with Gasteiger partial charge in [-0.3, -0.25) is 0 Å². The van der Waals surface area contributed by atoms with Crippen LogP contribution in [0, 0.1) is 0 Å². The molecule has 2 aliphatic heterocycles. The molecule has 0 unspecified atom stereocenters. The third kappa shape index (κ3) is 9.30. The quantitative estimate of drug-likeness (QED) is 0.149. The van der Waals surface area contributed by atoms with Gasteiger partial charge in [0.05, 0.1) is 27.8 Å². The lowest BCUT2D eigenvalue weighted by atomic mass is 9.33. The smallest absolute Gasteiger partial charge is 0.252 e. The van der Waals surface area contributed by atoms with Crippen LogP contribution >= 0.6 is 0 Å². The molecule has 0 atom stereocenters. The molecule has 15 aromatic carbocycles. The molecule has 0 radical (unpaired) electrons. The minimum atomic E-state index is -0.532. The number of nitrogens with zero attached hydrogens (tertiary/aromatic N) is 3. The topological polar surface area (TPSA) is 24.6 Å². The van der Waals surface area contributed by atoms with E-state index in [0.717, 1.165) is 95.1 Å². The highest BCUT2D eigenvalue weighted by atomic mass is 16.3. The van der Waals surface area contributed by atoms with E-state index in [-0.39, 0.29) is 23.0 Å². The van der Waals surface area contributed by atoms with Crippen LogP contribution in [-0.4, -0.2) is 11.3 Å². The van der Waals surface area contributed by atoms with Crippen LogP contribution in [0.4, 0.5) is 34.1 Å². The van der Waals surface area contributed by atoms with E-state index in [2.05, 4.69) is 398 Å². The second-order valence-corrected chi connectivity index (χ2v) is 33.5. The van der Waals surface area contributed by atoms with Gasteiger partial charge in [0, 0.05) is 72.2 Å². The van der Waals surface area contributed by atoms with Crippen LogP contribution in [0.3, 0.4) is 0 Å². The Morgan fingerprint density at radius 3 is 1.43 bits per heavy atom. The van der Waals surface area contributed by atoms with Crippen molar-refractivity contribution in [2.75, 3.05) is 9.80 Å². The first kappa shape index (κ1) is 64.0. The first-order valence-corrected chi connectivity index (χ1v) is 38.3. The second kappa shape index (κ2) is 23.3. The van der Waals surface area contributed by atoms with Crippen LogP contribution in [0.15, 0.2) is 326 Å². The lowest BCUT2D eigenvalue weighted by molar-refractivity contribution is 0.590. The molecule has 516 valence electrons. The van der Waals surface area contributed by atoms with E-state index < -0.39 is 5.41 Å². The van der Waals surface area contributed by atoms with Gasteiger partial charge in [0.1, 0.15) is 11.2 Å². The number of benzene rings is 15. The minimum Gasteiger partial charge on any atom is -0.455 e. The molecule has 0 N–H and O–H groups in total. The third-order valence-corrected chi connectivity index (χ3v) is 24.2. The van der Waals surface area contributed by atoms with Gasteiger partial charge in [0.2, 0.25) is 0 Å². The molecular weight excluding hydrogens is 1310 g/mol. The van der Waals surface area contributed by atoms with Gasteiger partial charge in [-0.2, -0.15) is 0 Å². The van der Waals surface area contributed by atoms with Gasteiger partial charge in [0.25, 0.3) is 6.71 Å². The van der Waals surface area contributed by atoms with Crippen molar-refractivity contribution in [1.29, 1.82) is 0 Å². The molecule has 0 bridgehead atoms. The third-order valence-electron chi connectivity index (χ3n) is 24.2. The van der Waals surface area contributed by atoms with Gasteiger partial charge in [-0.1, -0.05) is 305 Å². The standard InChI is InChI=1S/C103H80BN3O/c1-100(2,3)67-49-53-90(78(55-67)63-30-13-10-14-31-63)106-93-60-70(105-89-46-27-22-39-75(89)82-61-81-74-38-21-26-45-85(74)103(86(81)62-92(82)105)83-43-24-19-36-72(83)73-37-20-25-44-84(73)103)50-51-87(93)104-88-54-66(71-41-29-42-77-76-40-23-28-47-96(76)108-99(71)77)48-52-91(88)107(95-59-69(102(7,8)9)58-94(106)97(95)104)98-79(64-32-15-11-16-33-64)56-68(101(4,5)6)57-80(98)65-34-17-12-18-35-65/h10-62H,1-9H3. The Morgan fingerprint density at radius 1 is 0.287 bits per heavy atom. The monoisotopic (exact) mass is 1390 g/mol. The normalized spacial score (nSPS) is 13.8. The van der Waals surface area contributed by atoms with E-state index in [1.54, 1.807) is 0 Å². The van der Waals surface area contributed by atoms with Crippen molar-refractivity contribution in [1.82, 2.24) is 4.57 Å². The maximum absolute atomic E-state index is 7.01. The van der Waals surface area contributed by atoms with E-state index in [0.29, 0.717) is 0 Å². The summed E-state index contributed by atoms with van der Waals surface area (Å²) in [6, 6.07) is 123. The van der Waals surface area contributed by atoms with Crippen molar-refractivity contribution < 1.29 is 4.42 Å². The second-order valence-electron chi connectivity index (χ2n) is 33.5. The number of furan rings is 1. The molecule has 21 rings (SSSR count). The number of anilines is 6. The van der Waals surface area contributed by atoms with Crippen molar-refractivity contribution in [3.8, 4) is 72.4 Å². The average molecular weight is 1390 g/mol. The molecule has 4 heterocycles. The Kier molecular flexibility index (Phi) is 13.8. The van der Waals surface area contributed by atoms with Crippen LogP contribution in [0.1, 0.15) is 101 Å². The van der Waals surface area contributed by atoms with E-state index in [4.69, 9.17) is 4.42 Å². The first-order chi connectivity index (χ1) is 52.5. The molecule has 108 heavy (non-hydrogen) atoms. The summed E-state index contributed by atoms with van der Waals surface area (Å²) in [4.78, 5) is 5.40. The highest BCUT2D eigenvalue weighted by Gasteiger charge is 2.52. The molecule has 1 spiro atoms. The summed E-state index contributed by atoms with van der Waals surface area (Å²) >= 11 is 0. The fourth-order valence-electron chi connectivity index (χ4n) is 19.1. The first-order valence-electron chi connectivity index (χ1n) is 38.3. The zero-order valence-electron chi connectivity index (χ0n) is 62.4. The largest absolute Gasteiger partial charge is 0.455 e. The summed E-state index contributed by atoms with van der Waals surface area (Å²) in [7, 11) is 0. The Bertz CT molecular complexity index is 6530. The Labute approximate surface area is 632 Å². The SMILES string of the molecule is CC(C)(C)c1ccc(N2c3cc(-n4c5ccccc5c5cc6c(cc54)C4(c5ccccc5-c5ccccc54)c4ccccc4-6)ccc3B3c4cc(-c5cccc6c5oc5ccccc56)ccc4N(c4c(-c5ccccc5)cc(C(C)(C)C)cc4-c4ccccc4)c4cc(C(C)(C)C)cc2c43)c(-c2ccccc2)c1. The lowest BCUT2D eigenvalue weighted by Gasteiger charge is -2.46. The summed E-state index contributed by atoms with van der Waals surface area (Å²) in [5.41, 5.74) is 38.0. The van der Waals surface area contributed by atoms with Crippen molar-refractivity contribution >= 4 is 101 Å². The number of para-hydroxylation sites is 3. The molecule has 0 fully saturated rings. The maximum Gasteiger partial charge on any atom is 0.252 e. The van der Waals surface area contributed by atoms with E-state index in [1.807, 2.05) is 0 Å². The molecule has 2 aromatic heterocycles. The maximum atomic E-state index is 7.01. The van der Waals surface area contributed by atoms with Crippen LogP contribution in [-0.2, 0) is 21.7 Å². The summed E-state index contributed by atoms with van der Waals surface area (Å²) in [5, 5.41) is 4.67. The molecule has 0 saturated carbocycles. The fourth-order valence-corrected chi connectivity index (χ4v) is 19.1. The number of hydrogen-bond donors (Lipinski definition) is 0. The fraction of sp³-hybridized carbons (Fsp3) is 0.126. The minimum absolute atomic E-state index is 0.144. The number of aromatic nitrogens is 1. The van der Waals surface area contributed by atoms with Gasteiger partial charge in [-0.05, 0) is 195 Å². The predicted molar refractivity (Wildman–Crippen MR) is 456 cm³/mol. The van der Waals surface area contributed by atoms with Crippen molar-refractivity contribution in [2.24, 2.45) is 0 Å². The molecule has 5 heteroatoms. The van der Waals surface area contributed by atoms with Gasteiger partial charge in [0.15, 0.2) is 0 Å². The number of rotatable bonds is 7. The number of hydrogen-bond acceptors (Lipinski definition) is 3. The Hall–Kier alpha value is -12.4. The molecule has 2 aliphatic carbocycles. The van der Waals surface area contributed by atoms with Crippen molar-refractivity contribution in [3.05, 3.63) is 360 Å². The molecule has 0 amide bonds. The average Bonchev–Trinajstić information content (AvgIpc) is 1.41. The molecule has 4 aliphatic rings. The lowest BCUT2D eigenvalue weighted by Crippen LogP contribution is -2.61. The Balaban J connectivity index is 0.901. The molecule has 0 saturated heterocycles. The molecule has 4 nitrogen and oxygen atoms in total. The van der Waals surface area contributed by atoms with Crippen LogP contribution in [0.2, 0.25) is 0 Å². The molecule has 17 aromatic rings. The van der Waals surface area contributed by atoms with Gasteiger partial charge in [-0.15, -0.1) is 0 Å². The highest BCUT2D eigenvalue weighted by Crippen LogP contribution is 2.64. The zero-order chi connectivity index (χ0) is 72.9. The van der Waals surface area contributed by atoms with Crippen LogP contribution < -0.4 is 26.2 Å². The van der Waals surface area contributed by atoms with Gasteiger partial charge >= 0.3 is 0 Å². The highest BCUT2D eigenvalue weighted by molar-refractivity contribution is 7.00. The summed E-state index contributed by atoms with van der Waals surface area (Å²) in [6.45, 7) is 21.0. The predicted octanol–water partition coefficient (Wildman–Crippen LogP) is 25.7. The summed E-state index contributed by atoms with van der Waals surface area (Å²) in [6.07, 6.45) is 0. The van der Waals surface area contributed by atoms with Crippen molar-refractivity contribution in [3.63, 3.8) is 0 Å².